The summed E-state index contributed by atoms with van der Waals surface area (Å²) in [7, 11) is -3.94. The number of anilines is 1. The van der Waals surface area contributed by atoms with Gasteiger partial charge in [-0.1, -0.05) is 35.9 Å². The average Bonchev–Trinajstić information content (AvgIpc) is 2.84. The lowest BCUT2D eigenvalue weighted by atomic mass is 10.2. The van der Waals surface area contributed by atoms with Gasteiger partial charge in [0.25, 0.3) is 21.8 Å². The molecule has 10 heteroatoms. The Morgan fingerprint density at radius 1 is 1.15 bits per heavy atom. The van der Waals surface area contributed by atoms with E-state index in [1.165, 1.54) is 18.3 Å². The van der Waals surface area contributed by atoms with Crippen molar-refractivity contribution in [3.05, 3.63) is 84.0 Å². The Bertz CT molecular complexity index is 1260. The first-order chi connectivity index (χ1) is 15.9. The molecule has 0 spiro atoms. The van der Waals surface area contributed by atoms with Crippen LogP contribution in [0.15, 0.2) is 72.0 Å². The van der Waals surface area contributed by atoms with Crippen LogP contribution < -0.4 is 9.46 Å². The van der Waals surface area contributed by atoms with Crippen molar-refractivity contribution in [3.63, 3.8) is 0 Å². The van der Waals surface area contributed by atoms with Gasteiger partial charge in [-0.25, -0.2) is 18.4 Å². The van der Waals surface area contributed by atoms with Crippen molar-refractivity contribution in [2.45, 2.75) is 24.8 Å². The number of amides is 1. The summed E-state index contributed by atoms with van der Waals surface area (Å²) in [5.41, 5.74) is 1.76. The molecule has 0 unspecified atom stereocenters. The fourth-order valence-corrected chi connectivity index (χ4v) is 4.18. The summed E-state index contributed by atoms with van der Waals surface area (Å²) in [6.07, 6.45) is 9.21. The van der Waals surface area contributed by atoms with Gasteiger partial charge in [-0.15, -0.1) is 0 Å². The van der Waals surface area contributed by atoms with Gasteiger partial charge in [0.2, 0.25) is 5.82 Å². The molecular weight excluding hydrogens is 442 g/mol. The molecule has 0 radical (unpaired) electrons. The SMILES string of the molecule is Cc1ccc(S(=O)(=O)Nc2ncc(C(=O)N3CC=CCC3)nc2OCc2cccnc2)cc1. The molecule has 0 fully saturated rings. The van der Waals surface area contributed by atoms with Crippen molar-refractivity contribution in [2.24, 2.45) is 0 Å². The third-order valence-electron chi connectivity index (χ3n) is 4.97. The Morgan fingerprint density at radius 3 is 2.67 bits per heavy atom. The van der Waals surface area contributed by atoms with Gasteiger partial charge in [0.15, 0.2) is 5.69 Å². The maximum atomic E-state index is 12.9. The molecule has 1 amide bonds. The highest BCUT2D eigenvalue weighted by Gasteiger charge is 2.23. The Hall–Kier alpha value is -3.79. The van der Waals surface area contributed by atoms with Crippen molar-refractivity contribution < 1.29 is 17.9 Å². The number of rotatable bonds is 7. The zero-order valence-electron chi connectivity index (χ0n) is 18.0. The van der Waals surface area contributed by atoms with E-state index in [4.69, 9.17) is 4.74 Å². The summed E-state index contributed by atoms with van der Waals surface area (Å²) >= 11 is 0. The number of carbonyl (C=O) groups is 1. The van der Waals surface area contributed by atoms with E-state index < -0.39 is 10.0 Å². The number of benzene rings is 1. The summed E-state index contributed by atoms with van der Waals surface area (Å²) in [6.45, 7) is 3.00. The third-order valence-corrected chi connectivity index (χ3v) is 6.32. The Labute approximate surface area is 192 Å². The van der Waals surface area contributed by atoms with E-state index in [9.17, 15) is 13.2 Å². The highest BCUT2D eigenvalue weighted by Crippen LogP contribution is 2.25. The lowest BCUT2D eigenvalue weighted by Gasteiger charge is -2.23. The molecule has 0 saturated heterocycles. The molecule has 1 aromatic carbocycles. The van der Waals surface area contributed by atoms with Gasteiger partial charge in [0.1, 0.15) is 6.61 Å². The van der Waals surface area contributed by atoms with Crippen LogP contribution in [0.1, 0.15) is 28.0 Å². The van der Waals surface area contributed by atoms with Crippen molar-refractivity contribution in [3.8, 4) is 5.88 Å². The minimum absolute atomic E-state index is 0.0739. The van der Waals surface area contributed by atoms with Crippen molar-refractivity contribution in [1.82, 2.24) is 19.9 Å². The minimum atomic E-state index is -3.94. The fourth-order valence-electron chi connectivity index (χ4n) is 3.17. The van der Waals surface area contributed by atoms with Crippen molar-refractivity contribution in [1.29, 1.82) is 0 Å². The molecule has 9 nitrogen and oxygen atoms in total. The van der Waals surface area contributed by atoms with Crippen LogP contribution in [0, 0.1) is 6.92 Å². The van der Waals surface area contributed by atoms with Crippen molar-refractivity contribution in [2.75, 3.05) is 17.8 Å². The summed E-state index contributed by atoms with van der Waals surface area (Å²) in [6, 6.07) is 9.98. The average molecular weight is 466 g/mol. The Balaban J connectivity index is 1.63. The molecule has 170 valence electrons. The molecule has 33 heavy (non-hydrogen) atoms. The molecule has 2 aromatic heterocycles. The number of ether oxygens (including phenoxy) is 1. The van der Waals surface area contributed by atoms with Crippen LogP contribution in [0.4, 0.5) is 5.82 Å². The van der Waals surface area contributed by atoms with E-state index in [0.29, 0.717) is 13.1 Å². The number of sulfonamides is 1. The highest BCUT2D eigenvalue weighted by atomic mass is 32.2. The van der Waals surface area contributed by atoms with Crippen LogP contribution in [0.5, 0.6) is 5.88 Å². The number of hydrogen-bond acceptors (Lipinski definition) is 7. The quantitative estimate of drug-likeness (QED) is 0.534. The van der Waals surface area contributed by atoms with Crippen LogP contribution in [-0.4, -0.2) is 47.3 Å². The maximum Gasteiger partial charge on any atom is 0.274 e. The summed E-state index contributed by atoms with van der Waals surface area (Å²) in [5.74, 6) is -0.492. The zero-order chi connectivity index (χ0) is 23.3. The maximum absolute atomic E-state index is 12.9. The smallest absolute Gasteiger partial charge is 0.274 e. The van der Waals surface area contributed by atoms with E-state index in [1.54, 1.807) is 35.5 Å². The molecular formula is C23H23N5O4S. The summed E-state index contributed by atoms with van der Waals surface area (Å²) < 4.78 is 34.0. The van der Waals surface area contributed by atoms with Gasteiger partial charge < -0.3 is 9.64 Å². The molecule has 3 aromatic rings. The molecule has 1 N–H and O–H groups in total. The monoisotopic (exact) mass is 465 g/mol. The first-order valence-corrected chi connectivity index (χ1v) is 11.8. The molecule has 0 atom stereocenters. The fraction of sp³-hybridized carbons (Fsp3) is 0.217. The summed E-state index contributed by atoms with van der Waals surface area (Å²) in [4.78, 5) is 27.1. The van der Waals surface area contributed by atoms with Gasteiger partial charge in [-0.05, 0) is 31.5 Å². The third kappa shape index (κ3) is 5.53. The predicted molar refractivity (Wildman–Crippen MR) is 122 cm³/mol. The van der Waals surface area contributed by atoms with Crippen LogP contribution in [0.3, 0.4) is 0 Å². The number of hydrogen-bond donors (Lipinski definition) is 1. The van der Waals surface area contributed by atoms with Crippen LogP contribution in [-0.2, 0) is 16.6 Å². The van der Waals surface area contributed by atoms with E-state index in [0.717, 1.165) is 17.5 Å². The van der Waals surface area contributed by atoms with Crippen LogP contribution >= 0.6 is 0 Å². The van der Waals surface area contributed by atoms with Gasteiger partial charge in [0.05, 0.1) is 11.1 Å². The first-order valence-electron chi connectivity index (χ1n) is 10.3. The predicted octanol–water partition coefficient (Wildman–Crippen LogP) is 2.96. The van der Waals surface area contributed by atoms with Crippen LogP contribution in [0.2, 0.25) is 0 Å². The van der Waals surface area contributed by atoms with Gasteiger partial charge in [0, 0.05) is 31.0 Å². The molecule has 3 heterocycles. The van der Waals surface area contributed by atoms with Gasteiger partial charge in [-0.3, -0.25) is 14.5 Å². The molecule has 1 aliphatic heterocycles. The Kier molecular flexibility index (Phi) is 6.64. The second kappa shape index (κ2) is 9.78. The summed E-state index contributed by atoms with van der Waals surface area (Å²) in [5, 5.41) is 0. The number of aromatic nitrogens is 3. The number of pyridine rings is 1. The number of nitrogens with one attached hydrogen (secondary N) is 1. The molecule has 0 aliphatic carbocycles. The standard InChI is InChI=1S/C23H23N5O4S/c1-17-7-9-19(10-8-17)33(30,31)27-21-22(32-16-18-6-5-11-24-14-18)26-20(15-25-21)23(29)28-12-3-2-4-13-28/h2-3,5-11,14-15H,4,12-13,16H2,1H3,(H,25,27). The Morgan fingerprint density at radius 2 is 1.97 bits per heavy atom. The van der Waals surface area contributed by atoms with E-state index in [1.807, 2.05) is 25.1 Å². The van der Waals surface area contributed by atoms with Gasteiger partial charge >= 0.3 is 0 Å². The zero-order valence-corrected chi connectivity index (χ0v) is 18.8. The molecule has 0 saturated carbocycles. The van der Waals surface area contributed by atoms with Crippen molar-refractivity contribution >= 4 is 21.7 Å². The van der Waals surface area contributed by atoms with E-state index >= 15 is 0 Å². The largest absolute Gasteiger partial charge is 0.470 e. The minimum Gasteiger partial charge on any atom is -0.470 e. The first kappa shape index (κ1) is 22.4. The number of aryl methyl sites for hydroxylation is 1. The second-order valence-corrected chi connectivity index (χ2v) is 9.17. The van der Waals surface area contributed by atoms with Crippen LogP contribution in [0.25, 0.3) is 0 Å². The lowest BCUT2D eigenvalue weighted by molar-refractivity contribution is 0.0763. The van der Waals surface area contributed by atoms with E-state index in [-0.39, 0.29) is 34.8 Å². The second-order valence-electron chi connectivity index (χ2n) is 7.49. The molecule has 4 rings (SSSR count). The number of nitrogens with zero attached hydrogens (tertiary/aromatic N) is 4. The molecule has 1 aliphatic rings. The lowest BCUT2D eigenvalue weighted by Crippen LogP contribution is -2.34. The normalized spacial score (nSPS) is 13.5. The van der Waals surface area contributed by atoms with E-state index in [2.05, 4.69) is 19.7 Å². The number of carbonyl (C=O) groups excluding carboxylic acids is 1. The molecule has 0 bridgehead atoms. The highest BCUT2D eigenvalue weighted by molar-refractivity contribution is 7.92. The topological polar surface area (TPSA) is 114 Å². The van der Waals surface area contributed by atoms with Gasteiger partial charge in [-0.2, -0.15) is 0 Å².